The zero-order valence-electron chi connectivity index (χ0n) is 13.0. The van der Waals surface area contributed by atoms with E-state index in [4.69, 9.17) is 0 Å². The minimum atomic E-state index is -0.587. The number of hydrogen-bond acceptors (Lipinski definition) is 4. The van der Waals surface area contributed by atoms with Crippen molar-refractivity contribution < 1.29 is 9.59 Å². The van der Waals surface area contributed by atoms with Crippen molar-refractivity contribution >= 4 is 11.8 Å². The highest BCUT2D eigenvalue weighted by atomic mass is 16.2. The molecule has 0 unspecified atom stereocenters. The molecule has 0 aliphatic carbocycles. The van der Waals surface area contributed by atoms with Gasteiger partial charge in [-0.3, -0.25) is 23.9 Å². The van der Waals surface area contributed by atoms with Crippen LogP contribution in [0.2, 0.25) is 0 Å². The first-order valence-corrected chi connectivity index (χ1v) is 7.79. The van der Waals surface area contributed by atoms with E-state index >= 15 is 0 Å². The van der Waals surface area contributed by atoms with E-state index < -0.39 is 11.2 Å². The zero-order chi connectivity index (χ0) is 16.6. The van der Waals surface area contributed by atoms with Gasteiger partial charge in [0, 0.05) is 44.9 Å². The Morgan fingerprint density at radius 1 is 1.22 bits per heavy atom. The number of nitrogens with one attached hydrogen (secondary N) is 1. The molecule has 1 N–H and O–H groups in total. The first kappa shape index (κ1) is 15.5. The van der Waals surface area contributed by atoms with Crippen LogP contribution in [-0.4, -0.2) is 56.8 Å². The van der Waals surface area contributed by atoms with Crippen LogP contribution in [0.1, 0.15) is 19.8 Å². The standard InChI is InChI=1S/C15H20N4O4/c1-10(20)18-6-11-2-3-12(8-18)19(7-11)14(22)9-17-5-4-13(21)16-15(17)23/h4-5,11-12H,2-3,6-9H2,1H3,(H,16,21,23)/t11-,12+/m0/s1. The fourth-order valence-corrected chi connectivity index (χ4v) is 3.45. The van der Waals surface area contributed by atoms with Crippen molar-refractivity contribution in [3.05, 3.63) is 33.1 Å². The fraction of sp³-hybridized carbons (Fsp3) is 0.600. The smallest absolute Gasteiger partial charge is 0.328 e. The molecule has 2 atom stereocenters. The number of amides is 2. The Bertz CT molecular complexity index is 737. The van der Waals surface area contributed by atoms with Crippen LogP contribution in [0.5, 0.6) is 0 Å². The lowest BCUT2D eigenvalue weighted by atomic mass is 9.95. The summed E-state index contributed by atoms with van der Waals surface area (Å²) in [5.74, 6) is 0.168. The van der Waals surface area contributed by atoms with Gasteiger partial charge in [0.2, 0.25) is 11.8 Å². The highest BCUT2D eigenvalue weighted by molar-refractivity contribution is 5.77. The molecular formula is C15H20N4O4. The topological polar surface area (TPSA) is 95.5 Å². The maximum Gasteiger partial charge on any atom is 0.328 e. The van der Waals surface area contributed by atoms with Crippen LogP contribution in [0.25, 0.3) is 0 Å². The molecule has 8 nitrogen and oxygen atoms in total. The third-order valence-electron chi connectivity index (χ3n) is 4.68. The van der Waals surface area contributed by atoms with E-state index in [1.54, 1.807) is 11.8 Å². The van der Waals surface area contributed by atoms with Crippen molar-refractivity contribution in [3.8, 4) is 0 Å². The Kier molecular flexibility index (Phi) is 4.06. The summed E-state index contributed by atoms with van der Waals surface area (Å²) in [7, 11) is 0. The summed E-state index contributed by atoms with van der Waals surface area (Å²) in [6.07, 6.45) is 3.22. The summed E-state index contributed by atoms with van der Waals surface area (Å²) in [6.45, 7) is 3.31. The van der Waals surface area contributed by atoms with Gasteiger partial charge >= 0.3 is 5.69 Å². The summed E-state index contributed by atoms with van der Waals surface area (Å²) < 4.78 is 1.20. The minimum Gasteiger partial charge on any atom is -0.341 e. The predicted octanol–water partition coefficient (Wildman–Crippen LogP) is -0.994. The second-order valence-corrected chi connectivity index (χ2v) is 6.31. The van der Waals surface area contributed by atoms with E-state index in [9.17, 15) is 19.2 Å². The van der Waals surface area contributed by atoms with Gasteiger partial charge in [-0.25, -0.2) is 4.79 Å². The molecule has 3 saturated heterocycles. The number of fused-ring (bicyclic) bond motifs is 4. The number of aromatic amines is 1. The number of H-pyrrole nitrogens is 1. The van der Waals surface area contributed by atoms with Gasteiger partial charge in [0.1, 0.15) is 6.54 Å². The largest absolute Gasteiger partial charge is 0.341 e. The molecule has 0 spiro atoms. The molecule has 124 valence electrons. The lowest BCUT2D eigenvalue weighted by Gasteiger charge is -2.36. The van der Waals surface area contributed by atoms with Crippen LogP contribution in [0, 0.1) is 5.92 Å². The first-order chi connectivity index (χ1) is 10.9. The Labute approximate surface area is 132 Å². The molecule has 4 rings (SSSR count). The summed E-state index contributed by atoms with van der Waals surface area (Å²) in [6, 6.07) is 1.23. The number of carbonyl (C=O) groups is 2. The number of nitrogens with zero attached hydrogens (tertiary/aromatic N) is 3. The Morgan fingerprint density at radius 2 is 2.00 bits per heavy atom. The Balaban J connectivity index is 1.76. The molecular weight excluding hydrogens is 300 g/mol. The number of carbonyl (C=O) groups excluding carboxylic acids is 2. The monoisotopic (exact) mass is 320 g/mol. The zero-order valence-corrected chi connectivity index (χ0v) is 13.0. The summed E-state index contributed by atoms with van der Waals surface area (Å²) >= 11 is 0. The number of hydrogen-bond donors (Lipinski definition) is 1. The van der Waals surface area contributed by atoms with Crippen LogP contribution >= 0.6 is 0 Å². The second kappa shape index (κ2) is 6.02. The minimum absolute atomic E-state index is 0.00335. The third-order valence-corrected chi connectivity index (χ3v) is 4.68. The van der Waals surface area contributed by atoms with Gasteiger partial charge in [-0.1, -0.05) is 0 Å². The molecule has 0 aromatic carbocycles. The van der Waals surface area contributed by atoms with Crippen LogP contribution in [0.15, 0.2) is 21.9 Å². The highest BCUT2D eigenvalue weighted by Crippen LogP contribution is 2.28. The van der Waals surface area contributed by atoms with E-state index in [1.807, 2.05) is 4.90 Å². The molecule has 3 aliphatic heterocycles. The average molecular weight is 320 g/mol. The molecule has 23 heavy (non-hydrogen) atoms. The van der Waals surface area contributed by atoms with Crippen LogP contribution in [0.4, 0.5) is 0 Å². The molecule has 0 radical (unpaired) electrons. The maximum atomic E-state index is 12.6. The fourth-order valence-electron chi connectivity index (χ4n) is 3.45. The Morgan fingerprint density at radius 3 is 2.70 bits per heavy atom. The van der Waals surface area contributed by atoms with Crippen molar-refractivity contribution in [2.24, 2.45) is 5.92 Å². The van der Waals surface area contributed by atoms with Gasteiger partial charge < -0.3 is 9.80 Å². The second-order valence-electron chi connectivity index (χ2n) is 6.31. The van der Waals surface area contributed by atoms with Crippen molar-refractivity contribution in [3.63, 3.8) is 0 Å². The molecule has 2 amide bonds. The third kappa shape index (κ3) is 3.20. The number of rotatable bonds is 2. The van der Waals surface area contributed by atoms with E-state index in [0.29, 0.717) is 19.6 Å². The lowest BCUT2D eigenvalue weighted by Crippen LogP contribution is -2.49. The van der Waals surface area contributed by atoms with Crippen molar-refractivity contribution in [1.82, 2.24) is 19.4 Å². The van der Waals surface area contributed by atoms with E-state index in [1.165, 1.54) is 16.8 Å². The summed E-state index contributed by atoms with van der Waals surface area (Å²) in [4.78, 5) is 52.8. The number of aromatic nitrogens is 2. The first-order valence-electron chi connectivity index (χ1n) is 7.79. The van der Waals surface area contributed by atoms with Crippen molar-refractivity contribution in [1.29, 1.82) is 0 Å². The van der Waals surface area contributed by atoms with Crippen LogP contribution < -0.4 is 11.2 Å². The van der Waals surface area contributed by atoms with Gasteiger partial charge in [-0.15, -0.1) is 0 Å². The van der Waals surface area contributed by atoms with Crippen LogP contribution in [0.3, 0.4) is 0 Å². The normalized spacial score (nSPS) is 23.7. The molecule has 4 heterocycles. The molecule has 1 aromatic rings. The predicted molar refractivity (Wildman–Crippen MR) is 81.8 cm³/mol. The number of piperidine rings is 1. The molecule has 8 heteroatoms. The van der Waals surface area contributed by atoms with Crippen LogP contribution in [-0.2, 0) is 16.1 Å². The maximum absolute atomic E-state index is 12.6. The van der Waals surface area contributed by atoms with Gasteiger partial charge in [0.15, 0.2) is 0 Å². The average Bonchev–Trinajstić information content (AvgIpc) is 2.82. The molecule has 3 fully saturated rings. The van der Waals surface area contributed by atoms with Gasteiger partial charge in [-0.2, -0.15) is 0 Å². The SMILES string of the molecule is CC(=O)N1C[C@@H]2CC[C@H](C1)N(C(=O)Cn1ccc(=O)[nH]c1=O)C2. The van der Waals surface area contributed by atoms with E-state index in [0.717, 1.165) is 12.8 Å². The van der Waals surface area contributed by atoms with Gasteiger partial charge in [-0.05, 0) is 18.8 Å². The molecule has 1 aromatic heterocycles. The van der Waals surface area contributed by atoms with Gasteiger partial charge in [0.05, 0.1) is 0 Å². The Hall–Kier alpha value is -2.38. The van der Waals surface area contributed by atoms with Gasteiger partial charge in [0.25, 0.3) is 5.56 Å². The summed E-state index contributed by atoms with van der Waals surface area (Å²) in [5.41, 5.74) is -1.07. The van der Waals surface area contributed by atoms with Crippen molar-refractivity contribution in [2.75, 3.05) is 19.6 Å². The summed E-state index contributed by atoms with van der Waals surface area (Å²) in [5, 5.41) is 0. The highest BCUT2D eigenvalue weighted by Gasteiger charge is 2.37. The van der Waals surface area contributed by atoms with E-state index in [2.05, 4.69) is 4.98 Å². The van der Waals surface area contributed by atoms with E-state index in [-0.39, 0.29) is 30.3 Å². The molecule has 0 saturated carbocycles. The van der Waals surface area contributed by atoms with Crippen molar-refractivity contribution in [2.45, 2.75) is 32.4 Å². The lowest BCUT2D eigenvalue weighted by molar-refractivity contribution is -0.136. The quantitative estimate of drug-likeness (QED) is 0.756. The molecule has 3 aliphatic rings. The molecule has 2 bridgehead atoms.